The minimum atomic E-state index is -4.35. The number of benzene rings is 2. The number of hydrogen-bond donors (Lipinski definition) is 4. The van der Waals surface area contributed by atoms with Crippen molar-refractivity contribution in [2.75, 3.05) is 24.5 Å². The van der Waals surface area contributed by atoms with Crippen molar-refractivity contribution in [1.29, 1.82) is 0 Å². The van der Waals surface area contributed by atoms with Crippen molar-refractivity contribution in [3.8, 4) is 0 Å². The highest BCUT2D eigenvalue weighted by atomic mass is 35.5. The van der Waals surface area contributed by atoms with Crippen molar-refractivity contribution in [1.82, 2.24) is 25.2 Å². The van der Waals surface area contributed by atoms with Gasteiger partial charge < -0.3 is 30.2 Å². The van der Waals surface area contributed by atoms with E-state index in [1.54, 1.807) is 88.2 Å². The van der Waals surface area contributed by atoms with Crippen LogP contribution >= 0.6 is 11.6 Å². The summed E-state index contributed by atoms with van der Waals surface area (Å²) >= 11 is 6.14. The van der Waals surface area contributed by atoms with Crippen molar-refractivity contribution in [2.45, 2.75) is 69.2 Å². The molecule has 0 radical (unpaired) electrons. The summed E-state index contributed by atoms with van der Waals surface area (Å²) in [5.74, 6) is -2.74. The number of halogens is 1. The summed E-state index contributed by atoms with van der Waals surface area (Å²) in [6.45, 7) is 12.9. The van der Waals surface area contributed by atoms with E-state index in [2.05, 4.69) is 26.9 Å². The van der Waals surface area contributed by atoms with Gasteiger partial charge in [0.25, 0.3) is 15.9 Å². The molecule has 2 aliphatic rings. The maximum atomic E-state index is 14.3. The van der Waals surface area contributed by atoms with E-state index in [1.165, 1.54) is 17.0 Å². The predicted octanol–water partition coefficient (Wildman–Crippen LogP) is 3.95. The summed E-state index contributed by atoms with van der Waals surface area (Å²) in [4.78, 5) is 60.7. The van der Waals surface area contributed by atoms with Crippen molar-refractivity contribution in [2.24, 2.45) is 11.8 Å². The molecule has 2 aromatic carbocycles. The molecule has 4 atom stereocenters. The van der Waals surface area contributed by atoms with Gasteiger partial charge in [0, 0.05) is 41.3 Å². The number of ether oxygens (including phenoxy) is 1. The highest BCUT2D eigenvalue weighted by Gasteiger charge is 2.61. The third-order valence-corrected chi connectivity index (χ3v) is 10.5. The average molecular weight is 727 g/mol. The molecule has 1 aliphatic carbocycles. The second kappa shape index (κ2) is 14.0. The van der Waals surface area contributed by atoms with Gasteiger partial charge in [-0.25, -0.2) is 17.9 Å². The zero-order valence-corrected chi connectivity index (χ0v) is 30.2. The van der Waals surface area contributed by atoms with Gasteiger partial charge >= 0.3 is 6.09 Å². The molecule has 0 bridgehead atoms. The summed E-state index contributed by atoms with van der Waals surface area (Å²) in [6.07, 6.45) is 2.49. The van der Waals surface area contributed by atoms with E-state index < -0.39 is 63.0 Å². The highest BCUT2D eigenvalue weighted by molar-refractivity contribution is 7.90. The highest BCUT2D eigenvalue weighted by Crippen LogP contribution is 2.45. The van der Waals surface area contributed by atoms with Crippen molar-refractivity contribution in [3.63, 3.8) is 0 Å². The van der Waals surface area contributed by atoms with Gasteiger partial charge in [-0.2, -0.15) is 0 Å². The van der Waals surface area contributed by atoms with Crippen LogP contribution in [0.1, 0.15) is 41.0 Å². The number of nitrogens with zero attached hydrogens (tertiary/aromatic N) is 2. The number of carbonyl (C=O) groups excluding carboxylic acids is 4. The lowest BCUT2D eigenvalue weighted by molar-refractivity contribution is -0.137. The SMILES string of the molecule is C=C[C@@H]1C[C@]1(NC(=O)[C@@H]1CN(C(=O)[C@@H](NC(=O)OC(C)(C)C)C(C)C)CCN1c1ccc(Cl)cc1)C(=O)NS(=O)(=O)c1cccc2cc[nH]c12. The van der Waals surface area contributed by atoms with Crippen LogP contribution in [0.5, 0.6) is 0 Å². The monoisotopic (exact) mass is 726 g/mol. The molecule has 2 fully saturated rings. The topological polar surface area (TPSA) is 170 Å². The van der Waals surface area contributed by atoms with Gasteiger partial charge in [-0.1, -0.05) is 43.7 Å². The molecule has 268 valence electrons. The standard InChI is InChI=1S/C35H43ClN6O7S/c1-7-23-19-35(23,32(45)40-50(47,48)27-10-8-9-22-15-16-37-29(22)27)39-30(43)26-20-41(17-18-42(26)25-13-11-24(36)12-14-25)31(44)28(21(2)3)38-33(46)49-34(4,5)6/h7-16,21,23,26,28,37H,1,17-20H2,2-6H3,(H,38,46)(H,39,43)(H,40,45)/t23-,26+,28+,35-/m1/s1. The van der Waals surface area contributed by atoms with Gasteiger partial charge in [0.2, 0.25) is 11.8 Å². The zero-order chi connectivity index (χ0) is 36.6. The number of sulfonamides is 1. The first-order valence-electron chi connectivity index (χ1n) is 16.3. The normalized spacial score (nSPS) is 21.3. The number of alkyl carbamates (subject to hydrolysis) is 1. The summed E-state index contributed by atoms with van der Waals surface area (Å²) in [7, 11) is -4.35. The minimum Gasteiger partial charge on any atom is -0.444 e. The Bertz CT molecular complexity index is 1910. The molecule has 4 N–H and O–H groups in total. The Morgan fingerprint density at radius 2 is 1.78 bits per heavy atom. The largest absolute Gasteiger partial charge is 0.444 e. The van der Waals surface area contributed by atoms with Crippen LogP contribution < -0.4 is 20.3 Å². The number of piperazine rings is 1. The van der Waals surface area contributed by atoms with Crippen molar-refractivity contribution >= 4 is 62.0 Å². The molecule has 2 heterocycles. The minimum absolute atomic E-state index is 0.0872. The molecular formula is C35H43ClN6O7S. The fourth-order valence-electron chi connectivity index (χ4n) is 6.18. The maximum Gasteiger partial charge on any atom is 0.408 e. The number of aromatic amines is 1. The van der Waals surface area contributed by atoms with Crippen LogP contribution in [0.2, 0.25) is 5.02 Å². The summed E-state index contributed by atoms with van der Waals surface area (Å²) in [5, 5.41) is 6.66. The lowest BCUT2D eigenvalue weighted by atomic mass is 10.0. The molecule has 0 unspecified atom stereocenters. The van der Waals surface area contributed by atoms with E-state index in [9.17, 15) is 27.6 Å². The molecule has 50 heavy (non-hydrogen) atoms. The Morgan fingerprint density at radius 3 is 2.40 bits per heavy atom. The first kappa shape index (κ1) is 36.7. The van der Waals surface area contributed by atoms with Gasteiger partial charge in [-0.3, -0.25) is 14.4 Å². The van der Waals surface area contributed by atoms with Crippen molar-refractivity contribution < 1.29 is 32.3 Å². The number of H-pyrrole nitrogens is 1. The number of aromatic nitrogens is 1. The number of nitrogens with one attached hydrogen (secondary N) is 4. The van der Waals surface area contributed by atoms with Crippen LogP contribution in [0.15, 0.2) is 72.3 Å². The maximum absolute atomic E-state index is 14.3. The number of anilines is 1. The van der Waals surface area contributed by atoms with E-state index in [0.717, 1.165) is 0 Å². The first-order valence-corrected chi connectivity index (χ1v) is 18.2. The van der Waals surface area contributed by atoms with E-state index in [-0.39, 0.29) is 36.9 Å². The van der Waals surface area contributed by atoms with E-state index in [0.29, 0.717) is 21.6 Å². The first-order chi connectivity index (χ1) is 23.5. The number of fused-ring (bicyclic) bond motifs is 1. The van der Waals surface area contributed by atoms with Gasteiger partial charge in [-0.15, -0.1) is 6.58 Å². The number of para-hydroxylation sites is 1. The number of carbonyl (C=O) groups is 4. The van der Waals surface area contributed by atoms with Crippen LogP contribution in [0.4, 0.5) is 10.5 Å². The molecule has 1 aliphatic heterocycles. The second-order valence-corrected chi connectivity index (χ2v) is 16.1. The van der Waals surface area contributed by atoms with E-state index in [1.807, 2.05) is 0 Å². The molecule has 1 aromatic heterocycles. The summed E-state index contributed by atoms with van der Waals surface area (Å²) in [5.41, 5.74) is -1.37. The summed E-state index contributed by atoms with van der Waals surface area (Å²) < 4.78 is 34.5. The molecule has 3 aromatic rings. The predicted molar refractivity (Wildman–Crippen MR) is 190 cm³/mol. The third kappa shape index (κ3) is 7.76. The number of rotatable bonds is 10. The number of hydrogen-bond acceptors (Lipinski definition) is 8. The second-order valence-electron chi connectivity index (χ2n) is 14.0. The van der Waals surface area contributed by atoms with Gasteiger partial charge in [0.1, 0.15) is 28.1 Å². The quantitative estimate of drug-likeness (QED) is 0.228. The molecular weight excluding hydrogens is 684 g/mol. The Kier molecular flexibility index (Phi) is 10.3. The van der Waals surface area contributed by atoms with E-state index >= 15 is 0 Å². The Morgan fingerprint density at radius 1 is 1.08 bits per heavy atom. The Hall–Kier alpha value is -4.56. The van der Waals surface area contributed by atoms with Crippen LogP contribution in [0.25, 0.3) is 10.9 Å². The van der Waals surface area contributed by atoms with Crippen LogP contribution in [0, 0.1) is 11.8 Å². The zero-order valence-electron chi connectivity index (χ0n) is 28.7. The van der Waals surface area contributed by atoms with Crippen LogP contribution in [-0.2, 0) is 29.1 Å². The van der Waals surface area contributed by atoms with Gasteiger partial charge in [0.05, 0.1) is 12.1 Å². The average Bonchev–Trinajstić information content (AvgIpc) is 3.55. The van der Waals surface area contributed by atoms with E-state index in [4.69, 9.17) is 16.3 Å². The van der Waals surface area contributed by atoms with Gasteiger partial charge in [0.15, 0.2) is 0 Å². The lowest BCUT2D eigenvalue weighted by Crippen LogP contribution is -2.65. The molecule has 0 spiro atoms. The molecule has 5 rings (SSSR count). The Balaban J connectivity index is 1.40. The third-order valence-electron chi connectivity index (χ3n) is 8.87. The molecule has 4 amide bonds. The fraction of sp³-hybridized carbons (Fsp3) is 0.429. The van der Waals surface area contributed by atoms with Crippen LogP contribution in [-0.4, -0.2) is 85.0 Å². The molecule has 1 saturated carbocycles. The lowest BCUT2D eigenvalue weighted by Gasteiger charge is -2.43. The molecule has 13 nitrogen and oxygen atoms in total. The smallest absolute Gasteiger partial charge is 0.408 e. The Labute approximate surface area is 296 Å². The fourth-order valence-corrected chi connectivity index (χ4v) is 7.54. The van der Waals surface area contributed by atoms with Crippen LogP contribution in [0.3, 0.4) is 0 Å². The molecule has 15 heteroatoms. The molecule has 1 saturated heterocycles. The summed E-state index contributed by atoms with van der Waals surface area (Å²) in [6, 6.07) is 11.4. The van der Waals surface area contributed by atoms with Crippen molar-refractivity contribution in [3.05, 3.63) is 72.4 Å². The van der Waals surface area contributed by atoms with Gasteiger partial charge in [-0.05, 0) is 69.5 Å². The number of amides is 4.